The molecule has 0 fully saturated rings. The van der Waals surface area contributed by atoms with E-state index in [0.29, 0.717) is 4.47 Å². The summed E-state index contributed by atoms with van der Waals surface area (Å²) in [6.07, 6.45) is 0. The molecule has 3 aromatic rings. The van der Waals surface area contributed by atoms with E-state index < -0.39 is 11.9 Å². The highest BCUT2D eigenvalue weighted by Gasteiger charge is 2.14. The largest absolute Gasteiger partial charge is 0.508 e. The molecule has 0 aliphatic rings. The fourth-order valence-corrected chi connectivity index (χ4v) is 2.59. The van der Waals surface area contributed by atoms with Crippen molar-refractivity contribution < 1.29 is 29.3 Å². The third-order valence-corrected chi connectivity index (χ3v) is 4.14. The summed E-state index contributed by atoms with van der Waals surface area (Å²) in [5.74, 6) is -0.580. The average molecular weight is 429 g/mol. The Balaban J connectivity index is 1.69. The van der Waals surface area contributed by atoms with Gasteiger partial charge in [-0.2, -0.15) is 0 Å². The summed E-state index contributed by atoms with van der Waals surface area (Å²) in [5.41, 5.74) is 0.564. The molecular formula is C20H13BrO6. The van der Waals surface area contributed by atoms with Crippen molar-refractivity contribution in [3.63, 3.8) is 0 Å². The van der Waals surface area contributed by atoms with Gasteiger partial charge in [0.05, 0.1) is 15.6 Å². The quantitative estimate of drug-likeness (QED) is 0.475. The van der Waals surface area contributed by atoms with Gasteiger partial charge < -0.3 is 19.7 Å². The van der Waals surface area contributed by atoms with Crippen molar-refractivity contribution in [2.75, 3.05) is 0 Å². The first-order chi connectivity index (χ1) is 12.9. The van der Waals surface area contributed by atoms with E-state index in [4.69, 9.17) is 9.47 Å². The molecule has 0 heterocycles. The third kappa shape index (κ3) is 4.65. The van der Waals surface area contributed by atoms with Gasteiger partial charge in [-0.15, -0.1) is 0 Å². The maximum atomic E-state index is 12.1. The van der Waals surface area contributed by atoms with Crippen molar-refractivity contribution in [2.24, 2.45) is 0 Å². The summed E-state index contributed by atoms with van der Waals surface area (Å²) in [6.45, 7) is 0. The third-order valence-electron chi connectivity index (χ3n) is 3.52. The monoisotopic (exact) mass is 428 g/mol. The van der Waals surface area contributed by atoms with Crippen molar-refractivity contribution >= 4 is 27.9 Å². The first kappa shape index (κ1) is 18.5. The maximum Gasteiger partial charge on any atom is 0.343 e. The summed E-state index contributed by atoms with van der Waals surface area (Å²) < 4.78 is 11.0. The van der Waals surface area contributed by atoms with Crippen molar-refractivity contribution in [3.8, 4) is 23.0 Å². The zero-order valence-electron chi connectivity index (χ0n) is 13.8. The van der Waals surface area contributed by atoms with Crippen LogP contribution in [-0.2, 0) is 0 Å². The van der Waals surface area contributed by atoms with Crippen LogP contribution in [0.5, 0.6) is 23.0 Å². The zero-order valence-corrected chi connectivity index (χ0v) is 15.3. The van der Waals surface area contributed by atoms with Gasteiger partial charge in [0, 0.05) is 0 Å². The first-order valence-corrected chi connectivity index (χ1v) is 8.53. The van der Waals surface area contributed by atoms with Crippen molar-refractivity contribution in [2.45, 2.75) is 0 Å². The predicted molar refractivity (Wildman–Crippen MR) is 100 cm³/mol. The molecule has 0 atom stereocenters. The van der Waals surface area contributed by atoms with Crippen LogP contribution in [0, 0.1) is 0 Å². The molecule has 0 saturated heterocycles. The molecule has 0 unspecified atom stereocenters. The molecule has 0 radical (unpaired) electrons. The van der Waals surface area contributed by atoms with Crippen molar-refractivity contribution in [1.82, 2.24) is 0 Å². The van der Waals surface area contributed by atoms with Crippen LogP contribution in [0.2, 0.25) is 0 Å². The molecule has 27 heavy (non-hydrogen) atoms. The van der Waals surface area contributed by atoms with Gasteiger partial charge in [-0.05, 0) is 82.7 Å². The molecule has 0 amide bonds. The molecule has 0 aliphatic heterocycles. The van der Waals surface area contributed by atoms with E-state index in [1.807, 2.05) is 0 Å². The lowest BCUT2D eigenvalue weighted by Gasteiger charge is -2.09. The Morgan fingerprint density at radius 3 is 1.67 bits per heavy atom. The van der Waals surface area contributed by atoms with Gasteiger partial charge in [0.1, 0.15) is 23.0 Å². The minimum Gasteiger partial charge on any atom is -0.508 e. The summed E-state index contributed by atoms with van der Waals surface area (Å²) in [6, 6.07) is 15.8. The van der Waals surface area contributed by atoms with Crippen LogP contribution in [0.25, 0.3) is 0 Å². The summed E-state index contributed by atoms with van der Waals surface area (Å²) >= 11 is 3.27. The minimum atomic E-state index is -0.593. The number of aromatic hydroxyl groups is 2. The number of rotatable bonds is 4. The van der Waals surface area contributed by atoms with E-state index in [0.717, 1.165) is 0 Å². The second-order valence-corrected chi connectivity index (χ2v) is 6.32. The number of carbonyl (C=O) groups excluding carboxylic acids is 2. The Labute approximate surface area is 162 Å². The Kier molecular flexibility index (Phi) is 5.42. The lowest BCUT2D eigenvalue weighted by Crippen LogP contribution is -2.10. The molecule has 0 aromatic heterocycles. The van der Waals surface area contributed by atoms with E-state index >= 15 is 0 Å². The van der Waals surface area contributed by atoms with Gasteiger partial charge in [-0.25, -0.2) is 9.59 Å². The van der Waals surface area contributed by atoms with Crippen LogP contribution < -0.4 is 9.47 Å². The van der Waals surface area contributed by atoms with Crippen LogP contribution in [-0.4, -0.2) is 22.2 Å². The first-order valence-electron chi connectivity index (χ1n) is 7.74. The second kappa shape index (κ2) is 7.92. The number of carbonyl (C=O) groups is 2. The number of ether oxygens (including phenoxy) is 2. The van der Waals surface area contributed by atoms with Crippen LogP contribution in [0.4, 0.5) is 0 Å². The minimum absolute atomic E-state index is 0.0486. The van der Waals surface area contributed by atoms with E-state index in [1.165, 1.54) is 66.7 Å². The Morgan fingerprint density at radius 1 is 0.704 bits per heavy atom. The lowest BCUT2D eigenvalue weighted by atomic mass is 10.2. The van der Waals surface area contributed by atoms with Gasteiger partial charge in [0.2, 0.25) is 0 Å². The van der Waals surface area contributed by atoms with Crippen LogP contribution in [0.1, 0.15) is 20.7 Å². The standard InChI is InChI=1S/C20H13BrO6/c21-17-11-16(26-19(24)12-1-5-14(22)6-2-12)9-10-18(17)27-20(25)13-3-7-15(23)8-4-13/h1-11,22-23H. The predicted octanol–water partition coefficient (Wildman–Crippen LogP) is 4.30. The summed E-state index contributed by atoms with van der Waals surface area (Å²) in [4.78, 5) is 24.2. The molecule has 0 aliphatic carbocycles. The molecule has 7 heteroatoms. The molecule has 3 rings (SSSR count). The van der Waals surface area contributed by atoms with Gasteiger partial charge in [-0.1, -0.05) is 0 Å². The normalized spacial score (nSPS) is 10.3. The molecule has 0 saturated carbocycles. The lowest BCUT2D eigenvalue weighted by molar-refractivity contribution is 0.0718. The SMILES string of the molecule is O=C(Oc1ccc(OC(=O)c2ccc(O)cc2)c(Br)c1)c1ccc(O)cc1. The van der Waals surface area contributed by atoms with Gasteiger partial charge >= 0.3 is 11.9 Å². The number of halogens is 1. The van der Waals surface area contributed by atoms with E-state index in [2.05, 4.69) is 15.9 Å². The van der Waals surface area contributed by atoms with Gasteiger partial charge in [-0.3, -0.25) is 0 Å². The smallest absolute Gasteiger partial charge is 0.343 e. The fourth-order valence-electron chi connectivity index (χ4n) is 2.15. The number of benzene rings is 3. The number of esters is 2. The Hall–Kier alpha value is -3.32. The fraction of sp³-hybridized carbons (Fsp3) is 0. The molecule has 2 N–H and O–H groups in total. The Morgan fingerprint density at radius 2 is 1.19 bits per heavy atom. The summed E-state index contributed by atoms with van der Waals surface area (Å²) in [7, 11) is 0. The maximum absolute atomic E-state index is 12.1. The summed E-state index contributed by atoms with van der Waals surface area (Å²) in [5, 5.41) is 18.5. The average Bonchev–Trinajstić information content (AvgIpc) is 2.65. The Bertz CT molecular complexity index is 980. The molecule has 0 spiro atoms. The number of phenolic OH excluding ortho intramolecular Hbond substituents is 2. The van der Waals surface area contributed by atoms with E-state index in [9.17, 15) is 19.8 Å². The second-order valence-electron chi connectivity index (χ2n) is 5.47. The van der Waals surface area contributed by atoms with Gasteiger partial charge in [0.15, 0.2) is 0 Å². The highest BCUT2D eigenvalue weighted by molar-refractivity contribution is 9.10. The molecule has 6 nitrogen and oxygen atoms in total. The molecule has 3 aromatic carbocycles. The van der Waals surface area contributed by atoms with E-state index in [1.54, 1.807) is 0 Å². The van der Waals surface area contributed by atoms with E-state index in [-0.39, 0.29) is 34.1 Å². The number of hydrogen-bond acceptors (Lipinski definition) is 6. The molecular weight excluding hydrogens is 416 g/mol. The van der Waals surface area contributed by atoms with Crippen LogP contribution in [0.3, 0.4) is 0 Å². The number of hydrogen-bond donors (Lipinski definition) is 2. The van der Waals surface area contributed by atoms with Crippen molar-refractivity contribution in [1.29, 1.82) is 0 Å². The highest BCUT2D eigenvalue weighted by Crippen LogP contribution is 2.30. The molecule has 0 bridgehead atoms. The van der Waals surface area contributed by atoms with Crippen LogP contribution in [0.15, 0.2) is 71.2 Å². The number of phenols is 2. The van der Waals surface area contributed by atoms with Gasteiger partial charge in [0.25, 0.3) is 0 Å². The highest BCUT2D eigenvalue weighted by atomic mass is 79.9. The molecule has 136 valence electrons. The van der Waals surface area contributed by atoms with Crippen LogP contribution >= 0.6 is 15.9 Å². The topological polar surface area (TPSA) is 93.1 Å². The zero-order chi connectivity index (χ0) is 19.4. The van der Waals surface area contributed by atoms with Crippen molar-refractivity contribution in [3.05, 3.63) is 82.3 Å².